The van der Waals surface area contributed by atoms with Crippen LogP contribution in [0.5, 0.6) is 0 Å². The number of non-ortho nitro benzene ring substituents is 1. The van der Waals surface area contributed by atoms with Gasteiger partial charge in [0.15, 0.2) is 0 Å². The fourth-order valence-corrected chi connectivity index (χ4v) is 4.14. The highest BCUT2D eigenvalue weighted by Gasteiger charge is 2.23. The number of rotatable bonds is 2. The first kappa shape index (κ1) is 13.1. The number of anilines is 1. The molecule has 0 saturated carbocycles. The lowest BCUT2D eigenvalue weighted by Crippen LogP contribution is -2.09. The summed E-state index contributed by atoms with van der Waals surface area (Å²) in [5.41, 5.74) is 9.72. The highest BCUT2D eigenvalue weighted by Crippen LogP contribution is 2.43. The zero-order chi connectivity index (χ0) is 14.3. The number of fused-ring (bicyclic) bond motifs is 1. The first-order chi connectivity index (χ1) is 9.56. The lowest BCUT2D eigenvalue weighted by atomic mass is 9.87. The second-order valence-corrected chi connectivity index (χ2v) is 6.53. The van der Waals surface area contributed by atoms with Gasteiger partial charge < -0.3 is 5.73 Å². The molecule has 1 heterocycles. The number of nitrogen functional groups attached to an aromatic ring is 1. The Balaban J connectivity index is 2.04. The average Bonchev–Trinajstić information content (AvgIpc) is 2.73. The van der Waals surface area contributed by atoms with Crippen molar-refractivity contribution in [1.29, 1.82) is 0 Å². The number of hydrogen-bond donors (Lipinski definition) is 1. The van der Waals surface area contributed by atoms with E-state index < -0.39 is 0 Å². The highest BCUT2D eigenvalue weighted by molar-refractivity contribution is 7.16. The second kappa shape index (κ2) is 4.90. The summed E-state index contributed by atoms with van der Waals surface area (Å²) >= 11 is 1.67. The molecule has 4 nitrogen and oxygen atoms in total. The van der Waals surface area contributed by atoms with Gasteiger partial charge in [0, 0.05) is 22.6 Å². The van der Waals surface area contributed by atoms with E-state index >= 15 is 0 Å². The van der Waals surface area contributed by atoms with Crippen LogP contribution in [0.4, 0.5) is 10.7 Å². The standard InChI is InChI=1S/C15H16N2O2S/c1-9-2-7-12-13(8-9)20-15(16)14(12)10-3-5-11(6-4-10)17(18)19/h3-6,9H,2,7-8,16H2,1H3. The minimum absolute atomic E-state index is 0.116. The van der Waals surface area contributed by atoms with Gasteiger partial charge in [-0.3, -0.25) is 10.1 Å². The molecule has 1 unspecified atom stereocenters. The molecule has 1 atom stereocenters. The summed E-state index contributed by atoms with van der Waals surface area (Å²) in [5, 5.41) is 11.5. The maximum absolute atomic E-state index is 10.7. The van der Waals surface area contributed by atoms with Crippen LogP contribution in [0.15, 0.2) is 24.3 Å². The quantitative estimate of drug-likeness (QED) is 0.670. The maximum atomic E-state index is 10.7. The summed E-state index contributed by atoms with van der Waals surface area (Å²) in [4.78, 5) is 11.7. The van der Waals surface area contributed by atoms with Gasteiger partial charge in [-0.05, 0) is 48.4 Å². The monoisotopic (exact) mass is 288 g/mol. The van der Waals surface area contributed by atoms with Crippen LogP contribution in [0.25, 0.3) is 11.1 Å². The smallest absolute Gasteiger partial charge is 0.269 e. The Bertz CT molecular complexity index is 661. The van der Waals surface area contributed by atoms with Gasteiger partial charge in [-0.25, -0.2) is 0 Å². The largest absolute Gasteiger partial charge is 0.390 e. The van der Waals surface area contributed by atoms with Crippen LogP contribution in [0.1, 0.15) is 23.8 Å². The molecule has 0 radical (unpaired) electrons. The van der Waals surface area contributed by atoms with E-state index in [-0.39, 0.29) is 10.6 Å². The second-order valence-electron chi connectivity index (χ2n) is 5.39. The number of hydrogen-bond acceptors (Lipinski definition) is 4. The summed E-state index contributed by atoms with van der Waals surface area (Å²) in [6.45, 7) is 2.27. The van der Waals surface area contributed by atoms with E-state index in [1.807, 2.05) is 0 Å². The fourth-order valence-electron chi connectivity index (χ4n) is 2.84. The van der Waals surface area contributed by atoms with Crippen LogP contribution in [0.3, 0.4) is 0 Å². The number of benzene rings is 1. The van der Waals surface area contributed by atoms with Crippen molar-refractivity contribution in [3.05, 3.63) is 44.8 Å². The molecule has 1 aromatic heterocycles. The molecule has 2 aromatic rings. The number of nitro benzene ring substituents is 1. The van der Waals surface area contributed by atoms with Gasteiger partial charge in [-0.1, -0.05) is 6.92 Å². The number of thiophene rings is 1. The Kier molecular flexibility index (Phi) is 3.22. The van der Waals surface area contributed by atoms with Crippen molar-refractivity contribution in [2.24, 2.45) is 5.92 Å². The van der Waals surface area contributed by atoms with Crippen molar-refractivity contribution >= 4 is 22.0 Å². The third-order valence-electron chi connectivity index (χ3n) is 3.91. The Morgan fingerprint density at radius 2 is 2.05 bits per heavy atom. The Labute approximate surface area is 121 Å². The minimum atomic E-state index is -0.377. The van der Waals surface area contributed by atoms with Crippen molar-refractivity contribution in [3.8, 4) is 11.1 Å². The van der Waals surface area contributed by atoms with Gasteiger partial charge >= 0.3 is 0 Å². The van der Waals surface area contributed by atoms with Crippen LogP contribution in [-0.2, 0) is 12.8 Å². The molecule has 20 heavy (non-hydrogen) atoms. The molecule has 0 aliphatic heterocycles. The third kappa shape index (κ3) is 2.18. The topological polar surface area (TPSA) is 69.2 Å². The molecule has 0 amide bonds. The highest BCUT2D eigenvalue weighted by atomic mass is 32.1. The lowest BCUT2D eigenvalue weighted by Gasteiger charge is -2.19. The van der Waals surface area contributed by atoms with E-state index in [0.717, 1.165) is 29.0 Å². The van der Waals surface area contributed by atoms with Crippen LogP contribution in [0.2, 0.25) is 0 Å². The molecule has 3 rings (SSSR count). The number of nitro groups is 1. The molecule has 0 fully saturated rings. The lowest BCUT2D eigenvalue weighted by molar-refractivity contribution is -0.384. The molecule has 1 aliphatic rings. The summed E-state index contributed by atoms with van der Waals surface area (Å²) in [5.74, 6) is 0.713. The van der Waals surface area contributed by atoms with E-state index in [9.17, 15) is 10.1 Å². The minimum Gasteiger partial charge on any atom is -0.390 e. The zero-order valence-corrected chi connectivity index (χ0v) is 12.1. The van der Waals surface area contributed by atoms with Crippen molar-refractivity contribution in [2.75, 3.05) is 5.73 Å². The van der Waals surface area contributed by atoms with Gasteiger partial charge in [0.05, 0.1) is 9.92 Å². The fraction of sp³-hybridized carbons (Fsp3) is 0.333. The van der Waals surface area contributed by atoms with Crippen LogP contribution < -0.4 is 5.73 Å². The Morgan fingerprint density at radius 1 is 1.35 bits per heavy atom. The Morgan fingerprint density at radius 3 is 2.70 bits per heavy atom. The molecule has 0 saturated heterocycles. The van der Waals surface area contributed by atoms with E-state index in [2.05, 4.69) is 6.92 Å². The van der Waals surface area contributed by atoms with Crippen LogP contribution >= 0.6 is 11.3 Å². The molecule has 5 heteroatoms. The summed E-state index contributed by atoms with van der Waals surface area (Å²) in [7, 11) is 0. The van der Waals surface area contributed by atoms with Crippen LogP contribution in [-0.4, -0.2) is 4.92 Å². The molecule has 1 aliphatic carbocycles. The first-order valence-corrected chi connectivity index (χ1v) is 7.52. The number of nitrogens with zero attached hydrogens (tertiary/aromatic N) is 1. The van der Waals surface area contributed by atoms with Gasteiger partial charge in [0.1, 0.15) is 0 Å². The first-order valence-electron chi connectivity index (χ1n) is 6.71. The van der Waals surface area contributed by atoms with E-state index in [0.29, 0.717) is 5.92 Å². The molecular weight excluding hydrogens is 272 g/mol. The predicted octanol–water partition coefficient (Wildman–Crippen LogP) is 4.03. The summed E-state index contributed by atoms with van der Waals surface area (Å²) in [6, 6.07) is 6.69. The molecule has 0 spiro atoms. The number of nitrogens with two attached hydrogens (primary N) is 1. The van der Waals surface area contributed by atoms with E-state index in [1.165, 1.54) is 16.9 Å². The third-order valence-corrected chi connectivity index (χ3v) is 4.99. The zero-order valence-electron chi connectivity index (χ0n) is 11.3. The summed E-state index contributed by atoms with van der Waals surface area (Å²) in [6.07, 6.45) is 3.33. The van der Waals surface area contributed by atoms with Crippen molar-refractivity contribution < 1.29 is 4.92 Å². The van der Waals surface area contributed by atoms with E-state index in [4.69, 9.17) is 5.73 Å². The predicted molar refractivity (Wildman–Crippen MR) is 82.0 cm³/mol. The average molecular weight is 288 g/mol. The molecule has 0 bridgehead atoms. The normalized spacial score (nSPS) is 17.8. The molecule has 1 aromatic carbocycles. The van der Waals surface area contributed by atoms with Gasteiger partial charge in [-0.2, -0.15) is 0 Å². The van der Waals surface area contributed by atoms with Crippen LogP contribution in [0, 0.1) is 16.0 Å². The van der Waals surface area contributed by atoms with Gasteiger partial charge in [-0.15, -0.1) is 11.3 Å². The van der Waals surface area contributed by atoms with Crippen molar-refractivity contribution in [1.82, 2.24) is 0 Å². The van der Waals surface area contributed by atoms with Crippen molar-refractivity contribution in [3.63, 3.8) is 0 Å². The molecule has 2 N–H and O–H groups in total. The van der Waals surface area contributed by atoms with E-state index in [1.54, 1.807) is 35.6 Å². The van der Waals surface area contributed by atoms with Crippen molar-refractivity contribution in [2.45, 2.75) is 26.2 Å². The van der Waals surface area contributed by atoms with Gasteiger partial charge in [0.25, 0.3) is 5.69 Å². The molecule has 104 valence electrons. The Hall–Kier alpha value is -1.88. The van der Waals surface area contributed by atoms with Gasteiger partial charge in [0.2, 0.25) is 0 Å². The summed E-state index contributed by atoms with van der Waals surface area (Å²) < 4.78 is 0. The SMILES string of the molecule is CC1CCc2c(sc(N)c2-c2ccc([N+](=O)[O-])cc2)C1. The molecular formula is C15H16N2O2S. The maximum Gasteiger partial charge on any atom is 0.269 e.